The smallest absolute Gasteiger partial charge is 0.225 e. The number of nitriles is 1. The fourth-order valence-electron chi connectivity index (χ4n) is 6.83. The lowest BCUT2D eigenvalue weighted by atomic mass is 9.48. The number of thiophene rings is 1. The number of anilines is 1. The number of nitrogens with one attached hydrogen (secondary N) is 1. The minimum Gasteiger partial charge on any atom is -0.317 e. The molecule has 4 bridgehead atoms. The zero-order valence-electron chi connectivity index (χ0n) is 15.1. The van der Waals surface area contributed by atoms with Crippen LogP contribution in [0.2, 0.25) is 0 Å². The highest BCUT2D eigenvalue weighted by Gasteiger charge is 2.57. The molecule has 0 radical (unpaired) electrons. The number of amides is 1. The van der Waals surface area contributed by atoms with Crippen molar-refractivity contribution in [2.45, 2.75) is 75.0 Å². The average Bonchev–Trinajstić information content (AvgIpc) is 2.88. The van der Waals surface area contributed by atoms with Crippen LogP contribution in [0.15, 0.2) is 0 Å². The molecule has 0 saturated heterocycles. The molecule has 4 fully saturated rings. The molecule has 5 aliphatic carbocycles. The fraction of sp³-hybridized carbons (Fsp3) is 0.714. The van der Waals surface area contributed by atoms with Gasteiger partial charge < -0.3 is 5.32 Å². The van der Waals surface area contributed by atoms with Crippen molar-refractivity contribution < 1.29 is 4.79 Å². The minimum absolute atomic E-state index is 0.123. The van der Waals surface area contributed by atoms with Crippen LogP contribution in [0.1, 0.15) is 73.8 Å². The summed E-state index contributed by atoms with van der Waals surface area (Å²) in [7, 11) is 0. The molecule has 6 rings (SSSR count). The highest BCUT2D eigenvalue weighted by atomic mass is 79.9. The summed E-state index contributed by atoms with van der Waals surface area (Å²) in [4.78, 5) is 14.3. The largest absolute Gasteiger partial charge is 0.317 e. The van der Waals surface area contributed by atoms with E-state index in [0.29, 0.717) is 6.42 Å². The van der Waals surface area contributed by atoms with Crippen molar-refractivity contribution in [3.63, 3.8) is 0 Å². The lowest BCUT2D eigenvalue weighted by Gasteiger charge is -2.60. The zero-order chi connectivity index (χ0) is 17.9. The molecule has 1 N–H and O–H groups in total. The second-order valence-electron chi connectivity index (χ2n) is 9.36. The molecule has 5 aliphatic rings. The summed E-state index contributed by atoms with van der Waals surface area (Å²) in [5.41, 5.74) is 2.12. The Bertz CT molecular complexity index is 794. The van der Waals surface area contributed by atoms with Gasteiger partial charge in [0.2, 0.25) is 5.91 Å². The molecule has 5 heteroatoms. The molecule has 1 aromatic heterocycles. The van der Waals surface area contributed by atoms with E-state index in [0.717, 1.165) is 48.1 Å². The molecular formula is C21H25BrN2OS. The highest BCUT2D eigenvalue weighted by molar-refractivity contribution is 9.10. The highest BCUT2D eigenvalue weighted by Crippen LogP contribution is 2.65. The van der Waals surface area contributed by atoms with E-state index < -0.39 is 0 Å². The van der Waals surface area contributed by atoms with Crippen LogP contribution in [0.5, 0.6) is 0 Å². The van der Waals surface area contributed by atoms with Gasteiger partial charge in [0.15, 0.2) is 0 Å². The molecule has 0 aliphatic heterocycles. The average molecular weight is 433 g/mol. The third kappa shape index (κ3) is 2.85. The van der Waals surface area contributed by atoms with Crippen LogP contribution in [0.4, 0.5) is 5.00 Å². The van der Waals surface area contributed by atoms with Gasteiger partial charge in [-0.25, -0.2) is 0 Å². The van der Waals surface area contributed by atoms with Crippen molar-refractivity contribution in [2.24, 2.45) is 17.3 Å². The van der Waals surface area contributed by atoms with Crippen LogP contribution in [0.3, 0.4) is 0 Å². The van der Waals surface area contributed by atoms with Gasteiger partial charge in [0, 0.05) is 15.6 Å². The molecule has 4 saturated carbocycles. The maximum Gasteiger partial charge on any atom is 0.225 e. The summed E-state index contributed by atoms with van der Waals surface area (Å²) in [5.74, 6) is 1.72. The summed E-state index contributed by atoms with van der Waals surface area (Å²) in [6.45, 7) is 0. The number of hydrogen-bond acceptors (Lipinski definition) is 3. The van der Waals surface area contributed by atoms with Crippen molar-refractivity contribution in [3.8, 4) is 6.07 Å². The Labute approximate surface area is 167 Å². The van der Waals surface area contributed by atoms with E-state index >= 15 is 0 Å². The molecule has 0 aromatic carbocycles. The van der Waals surface area contributed by atoms with Crippen LogP contribution in [-0.4, -0.2) is 10.2 Å². The molecule has 1 aromatic rings. The maximum atomic E-state index is 13.0. The van der Waals surface area contributed by atoms with Gasteiger partial charge in [-0.15, -0.1) is 11.3 Å². The van der Waals surface area contributed by atoms with Gasteiger partial charge in [-0.3, -0.25) is 4.79 Å². The van der Waals surface area contributed by atoms with Crippen LogP contribution >= 0.6 is 27.3 Å². The summed E-state index contributed by atoms with van der Waals surface area (Å²) in [6, 6.07) is 2.36. The van der Waals surface area contributed by atoms with Crippen molar-refractivity contribution in [2.75, 3.05) is 5.32 Å². The van der Waals surface area contributed by atoms with Gasteiger partial charge >= 0.3 is 0 Å². The molecule has 2 atom stereocenters. The summed E-state index contributed by atoms with van der Waals surface area (Å²) in [6.07, 6.45) is 12.6. The quantitative estimate of drug-likeness (QED) is 0.635. The first-order valence-corrected chi connectivity index (χ1v) is 11.6. The standard InChI is InChI=1S/C21H25BrN2OS/c22-21-8-13-5-14(9-21)7-20(6-13,12-21)10-18(25)24-19-16(11-23)15-3-1-2-4-17(15)26-19/h13-14H,1-10,12H2,(H,24,25). The van der Waals surface area contributed by atoms with E-state index in [-0.39, 0.29) is 15.6 Å². The Morgan fingerprint density at radius 2 is 1.96 bits per heavy atom. The third-order valence-corrected chi connectivity index (χ3v) is 9.32. The van der Waals surface area contributed by atoms with Gasteiger partial charge in [-0.1, -0.05) is 15.9 Å². The zero-order valence-corrected chi connectivity index (χ0v) is 17.5. The number of alkyl halides is 1. The van der Waals surface area contributed by atoms with E-state index in [2.05, 4.69) is 27.3 Å². The maximum absolute atomic E-state index is 13.0. The van der Waals surface area contributed by atoms with Crippen molar-refractivity contribution >= 4 is 38.2 Å². The fourth-order valence-corrected chi connectivity index (χ4v) is 9.59. The van der Waals surface area contributed by atoms with E-state index in [9.17, 15) is 10.1 Å². The number of nitrogens with zero attached hydrogens (tertiary/aromatic N) is 1. The van der Waals surface area contributed by atoms with Crippen LogP contribution in [0, 0.1) is 28.6 Å². The lowest BCUT2D eigenvalue weighted by molar-refractivity contribution is -0.123. The Morgan fingerprint density at radius 3 is 2.65 bits per heavy atom. The first-order valence-electron chi connectivity index (χ1n) is 10.0. The van der Waals surface area contributed by atoms with Crippen LogP contribution in [-0.2, 0) is 17.6 Å². The molecule has 26 heavy (non-hydrogen) atoms. The van der Waals surface area contributed by atoms with Crippen molar-refractivity contribution in [3.05, 3.63) is 16.0 Å². The van der Waals surface area contributed by atoms with E-state index in [1.807, 2.05) is 0 Å². The monoisotopic (exact) mass is 432 g/mol. The molecule has 138 valence electrons. The topological polar surface area (TPSA) is 52.9 Å². The van der Waals surface area contributed by atoms with E-state index in [4.69, 9.17) is 0 Å². The molecular weight excluding hydrogens is 408 g/mol. The number of hydrogen-bond donors (Lipinski definition) is 1. The van der Waals surface area contributed by atoms with Gasteiger partial charge in [-0.05, 0) is 87.0 Å². The van der Waals surface area contributed by atoms with Gasteiger partial charge in [0.1, 0.15) is 11.1 Å². The minimum atomic E-state index is 0.123. The molecule has 1 amide bonds. The predicted octanol–water partition coefficient (Wildman–Crippen LogP) is 5.56. The van der Waals surface area contributed by atoms with Gasteiger partial charge in [0.05, 0.1) is 5.56 Å². The number of aryl methyl sites for hydroxylation is 1. The second-order valence-corrected chi connectivity index (χ2v) is 12.2. The predicted molar refractivity (Wildman–Crippen MR) is 108 cm³/mol. The summed E-state index contributed by atoms with van der Waals surface area (Å²) >= 11 is 5.68. The summed E-state index contributed by atoms with van der Waals surface area (Å²) in [5, 5.41) is 13.6. The third-order valence-electron chi connectivity index (χ3n) is 7.18. The first-order chi connectivity index (χ1) is 12.5. The van der Waals surface area contributed by atoms with Gasteiger partial charge in [-0.2, -0.15) is 5.26 Å². The van der Waals surface area contributed by atoms with Crippen molar-refractivity contribution in [1.29, 1.82) is 5.26 Å². The van der Waals surface area contributed by atoms with Crippen LogP contribution < -0.4 is 5.32 Å². The van der Waals surface area contributed by atoms with Crippen molar-refractivity contribution in [1.82, 2.24) is 0 Å². The van der Waals surface area contributed by atoms with Crippen LogP contribution in [0.25, 0.3) is 0 Å². The second kappa shape index (κ2) is 6.07. The SMILES string of the molecule is N#Cc1c(NC(=O)CC23CC4CC(CC(Br)(C4)C2)C3)sc2c1CCCC2. The van der Waals surface area contributed by atoms with Gasteiger partial charge in [0.25, 0.3) is 0 Å². The number of fused-ring (bicyclic) bond motifs is 1. The molecule has 2 unspecified atom stereocenters. The molecule has 0 spiro atoms. The molecule has 1 heterocycles. The first kappa shape index (κ1) is 17.3. The summed E-state index contributed by atoms with van der Waals surface area (Å²) < 4.78 is 0.289. The Morgan fingerprint density at radius 1 is 1.23 bits per heavy atom. The Hall–Kier alpha value is -0.860. The lowest BCUT2D eigenvalue weighted by Crippen LogP contribution is -2.53. The number of halogens is 1. The number of rotatable bonds is 3. The van der Waals surface area contributed by atoms with E-state index in [1.54, 1.807) is 11.3 Å². The normalized spacial score (nSPS) is 37.2. The number of carbonyl (C=O) groups excluding carboxylic acids is 1. The molecule has 3 nitrogen and oxygen atoms in total. The Kier molecular flexibility index (Phi) is 4.03. The Balaban J connectivity index is 1.34. The van der Waals surface area contributed by atoms with E-state index in [1.165, 1.54) is 49.0 Å². The number of carbonyl (C=O) groups is 1.